The molecule has 0 radical (unpaired) electrons. The van der Waals surface area contributed by atoms with Crippen LogP contribution in [0.2, 0.25) is 0 Å². The van der Waals surface area contributed by atoms with Gasteiger partial charge >= 0.3 is 0 Å². The van der Waals surface area contributed by atoms with Crippen molar-refractivity contribution in [2.24, 2.45) is 0 Å². The molecule has 0 saturated heterocycles. The largest absolute Gasteiger partial charge is 0.399 e. The van der Waals surface area contributed by atoms with E-state index in [1.54, 1.807) is 11.3 Å². The second-order valence-electron chi connectivity index (χ2n) is 4.26. The highest BCUT2D eigenvalue weighted by molar-refractivity contribution is 9.10. The molecule has 0 aliphatic heterocycles. The van der Waals surface area contributed by atoms with Crippen molar-refractivity contribution in [1.82, 2.24) is 5.32 Å². The third-order valence-corrected chi connectivity index (χ3v) is 4.39. The molecule has 0 atom stereocenters. The summed E-state index contributed by atoms with van der Waals surface area (Å²) in [5, 5.41) is 5.57. The van der Waals surface area contributed by atoms with Crippen LogP contribution in [0.1, 0.15) is 16.9 Å². The summed E-state index contributed by atoms with van der Waals surface area (Å²) in [4.78, 5) is 1.37. The number of thiophene rings is 1. The van der Waals surface area contributed by atoms with Crippen LogP contribution in [-0.2, 0) is 13.0 Å². The second-order valence-corrected chi connectivity index (χ2v) is 6.17. The quantitative estimate of drug-likeness (QED) is 0.626. The Bertz CT molecular complexity index is 496. The molecule has 96 valence electrons. The van der Waals surface area contributed by atoms with Crippen molar-refractivity contribution < 1.29 is 0 Å². The van der Waals surface area contributed by atoms with E-state index >= 15 is 0 Å². The average molecular weight is 325 g/mol. The summed E-state index contributed by atoms with van der Waals surface area (Å²) in [7, 11) is 0. The molecule has 4 heteroatoms. The minimum atomic E-state index is 0.851. The van der Waals surface area contributed by atoms with Crippen LogP contribution in [0.4, 0.5) is 5.69 Å². The summed E-state index contributed by atoms with van der Waals surface area (Å²) in [6.45, 7) is 1.98. The van der Waals surface area contributed by atoms with Gasteiger partial charge in [-0.15, -0.1) is 11.3 Å². The highest BCUT2D eigenvalue weighted by atomic mass is 79.9. The molecular formula is C14H17BrN2S. The lowest BCUT2D eigenvalue weighted by Crippen LogP contribution is -2.14. The number of hydrogen-bond acceptors (Lipinski definition) is 3. The first-order chi connectivity index (χ1) is 8.74. The van der Waals surface area contributed by atoms with Crippen molar-refractivity contribution >= 4 is 33.0 Å². The van der Waals surface area contributed by atoms with E-state index in [1.165, 1.54) is 14.9 Å². The van der Waals surface area contributed by atoms with Gasteiger partial charge in [-0.3, -0.25) is 0 Å². The van der Waals surface area contributed by atoms with Crippen LogP contribution >= 0.6 is 27.3 Å². The van der Waals surface area contributed by atoms with Gasteiger partial charge in [-0.2, -0.15) is 0 Å². The van der Waals surface area contributed by atoms with Gasteiger partial charge in [0.1, 0.15) is 0 Å². The van der Waals surface area contributed by atoms with Crippen LogP contribution < -0.4 is 11.1 Å². The zero-order chi connectivity index (χ0) is 12.8. The Kier molecular flexibility index (Phi) is 5.23. The van der Waals surface area contributed by atoms with Crippen LogP contribution in [0, 0.1) is 0 Å². The minimum absolute atomic E-state index is 0.851. The Balaban J connectivity index is 1.64. The monoisotopic (exact) mass is 324 g/mol. The van der Waals surface area contributed by atoms with Crippen LogP contribution in [-0.4, -0.2) is 6.54 Å². The fourth-order valence-electron chi connectivity index (χ4n) is 1.82. The summed E-state index contributed by atoms with van der Waals surface area (Å²) in [5.74, 6) is 0. The number of rotatable bonds is 6. The molecule has 3 N–H and O–H groups in total. The molecule has 18 heavy (non-hydrogen) atoms. The number of aryl methyl sites for hydroxylation is 1. The van der Waals surface area contributed by atoms with Crippen LogP contribution in [0.25, 0.3) is 0 Å². The van der Waals surface area contributed by atoms with Crippen molar-refractivity contribution in [3.8, 4) is 0 Å². The molecule has 0 saturated carbocycles. The van der Waals surface area contributed by atoms with Crippen molar-refractivity contribution in [2.75, 3.05) is 12.3 Å². The average Bonchev–Trinajstić information content (AvgIpc) is 2.75. The number of halogens is 1. The van der Waals surface area contributed by atoms with Gasteiger partial charge in [0.15, 0.2) is 0 Å². The van der Waals surface area contributed by atoms with Gasteiger partial charge in [-0.25, -0.2) is 0 Å². The number of hydrogen-bond donors (Lipinski definition) is 2. The van der Waals surface area contributed by atoms with Crippen LogP contribution in [0.3, 0.4) is 0 Å². The van der Waals surface area contributed by atoms with Gasteiger partial charge in [0.2, 0.25) is 0 Å². The summed E-state index contributed by atoms with van der Waals surface area (Å²) in [6.07, 6.45) is 2.21. The molecule has 1 aromatic carbocycles. The predicted octanol–water partition coefficient (Wildman–Crippen LogP) is 3.82. The summed E-state index contributed by atoms with van der Waals surface area (Å²) < 4.78 is 1.17. The minimum Gasteiger partial charge on any atom is -0.399 e. The highest BCUT2D eigenvalue weighted by Gasteiger charge is 1.97. The molecule has 0 amide bonds. The Hall–Kier alpha value is -0.840. The summed E-state index contributed by atoms with van der Waals surface area (Å²) in [5.41, 5.74) is 7.91. The number of anilines is 1. The number of nitrogens with one attached hydrogen (secondary N) is 1. The molecule has 0 fully saturated rings. The predicted molar refractivity (Wildman–Crippen MR) is 82.9 cm³/mol. The zero-order valence-corrected chi connectivity index (χ0v) is 12.6. The number of nitrogen functional groups attached to an aromatic ring is 1. The molecule has 0 bridgehead atoms. The molecule has 1 aromatic heterocycles. The first-order valence-corrected chi connectivity index (χ1v) is 7.69. The first kappa shape index (κ1) is 13.6. The molecule has 2 rings (SSSR count). The van der Waals surface area contributed by atoms with Gasteiger partial charge < -0.3 is 11.1 Å². The first-order valence-electron chi connectivity index (χ1n) is 6.02. The van der Waals surface area contributed by atoms with Gasteiger partial charge in [0, 0.05) is 27.0 Å². The van der Waals surface area contributed by atoms with Crippen molar-refractivity contribution in [3.05, 3.63) is 50.6 Å². The summed E-state index contributed by atoms with van der Waals surface area (Å²) >= 11 is 5.24. The van der Waals surface area contributed by atoms with Crippen LogP contribution in [0.5, 0.6) is 0 Å². The maximum absolute atomic E-state index is 5.75. The number of nitrogens with two attached hydrogens (primary N) is 1. The molecule has 2 aromatic rings. The van der Waals surface area contributed by atoms with E-state index in [0.717, 1.165) is 31.6 Å². The van der Waals surface area contributed by atoms with E-state index in [0.29, 0.717) is 0 Å². The van der Waals surface area contributed by atoms with E-state index in [9.17, 15) is 0 Å². The lowest BCUT2D eigenvalue weighted by Gasteiger charge is -2.04. The van der Waals surface area contributed by atoms with Crippen molar-refractivity contribution in [2.45, 2.75) is 19.4 Å². The Morgan fingerprint density at radius 3 is 2.89 bits per heavy atom. The Labute approximate surface area is 120 Å². The van der Waals surface area contributed by atoms with Gasteiger partial charge in [-0.05, 0) is 59.1 Å². The standard InChI is InChI=1S/C14H17BrN2S/c15-12-8-14(18-10-12)9-17-6-2-4-11-3-1-5-13(16)7-11/h1,3,5,7-8,10,17H,2,4,6,9,16H2. The van der Waals surface area contributed by atoms with Gasteiger partial charge in [0.05, 0.1) is 0 Å². The fourth-order valence-corrected chi connectivity index (χ4v) is 3.24. The van der Waals surface area contributed by atoms with Gasteiger partial charge in [0.25, 0.3) is 0 Å². The van der Waals surface area contributed by atoms with E-state index in [1.807, 2.05) is 12.1 Å². The normalized spacial score (nSPS) is 10.7. The molecule has 0 spiro atoms. The van der Waals surface area contributed by atoms with Crippen molar-refractivity contribution in [1.29, 1.82) is 0 Å². The van der Waals surface area contributed by atoms with Crippen LogP contribution in [0.15, 0.2) is 40.2 Å². The Morgan fingerprint density at radius 1 is 1.28 bits per heavy atom. The third-order valence-electron chi connectivity index (χ3n) is 2.69. The number of benzene rings is 1. The van der Waals surface area contributed by atoms with E-state index in [-0.39, 0.29) is 0 Å². The topological polar surface area (TPSA) is 38.0 Å². The molecule has 0 aliphatic rings. The lowest BCUT2D eigenvalue weighted by atomic mass is 10.1. The third kappa shape index (κ3) is 4.44. The molecule has 0 unspecified atom stereocenters. The van der Waals surface area contributed by atoms with Gasteiger partial charge in [-0.1, -0.05) is 12.1 Å². The molecule has 0 aliphatic carbocycles. The maximum Gasteiger partial charge on any atom is 0.0316 e. The second kappa shape index (κ2) is 6.92. The molecule has 1 heterocycles. The Morgan fingerprint density at radius 2 is 2.17 bits per heavy atom. The lowest BCUT2D eigenvalue weighted by molar-refractivity contribution is 0.654. The zero-order valence-electron chi connectivity index (χ0n) is 10.2. The van der Waals surface area contributed by atoms with E-state index < -0.39 is 0 Å². The molecular weight excluding hydrogens is 308 g/mol. The maximum atomic E-state index is 5.75. The highest BCUT2D eigenvalue weighted by Crippen LogP contribution is 2.19. The molecule has 2 nitrogen and oxygen atoms in total. The van der Waals surface area contributed by atoms with E-state index in [2.05, 4.69) is 44.8 Å². The summed E-state index contributed by atoms with van der Waals surface area (Å²) in [6, 6.07) is 10.3. The van der Waals surface area contributed by atoms with E-state index in [4.69, 9.17) is 5.73 Å². The SMILES string of the molecule is Nc1cccc(CCCNCc2cc(Br)cs2)c1. The smallest absolute Gasteiger partial charge is 0.0316 e. The van der Waals surface area contributed by atoms with Crippen molar-refractivity contribution in [3.63, 3.8) is 0 Å². The fraction of sp³-hybridized carbons (Fsp3) is 0.286.